The van der Waals surface area contributed by atoms with Crippen LogP contribution in [0, 0.1) is 17.7 Å². The van der Waals surface area contributed by atoms with E-state index in [1.165, 1.54) is 44.1 Å². The van der Waals surface area contributed by atoms with Crippen molar-refractivity contribution in [3.8, 4) is 0 Å². The standard InChI is InChI=1S/C23H31FO2/c1-2-3-4-23(25)26-22-15-11-20(12-16-22)18-7-5-17(6-8-18)19-9-13-21(24)14-10-19/h3-4,9-10,13-14,17-18,20,22H,2,5-8,11-12,15-16H2,1H3/b4-3+. The molecule has 0 aromatic heterocycles. The van der Waals surface area contributed by atoms with Crippen molar-refractivity contribution in [1.82, 2.24) is 0 Å². The summed E-state index contributed by atoms with van der Waals surface area (Å²) in [6.45, 7) is 2.01. The number of benzene rings is 1. The van der Waals surface area contributed by atoms with Gasteiger partial charge >= 0.3 is 5.97 Å². The fourth-order valence-electron chi connectivity index (χ4n) is 4.75. The van der Waals surface area contributed by atoms with E-state index in [2.05, 4.69) is 0 Å². The van der Waals surface area contributed by atoms with E-state index >= 15 is 0 Å². The van der Waals surface area contributed by atoms with Crippen molar-refractivity contribution < 1.29 is 13.9 Å². The third kappa shape index (κ3) is 5.18. The molecule has 2 fully saturated rings. The summed E-state index contributed by atoms with van der Waals surface area (Å²) in [5.41, 5.74) is 1.29. The van der Waals surface area contributed by atoms with Crippen LogP contribution >= 0.6 is 0 Å². The minimum Gasteiger partial charge on any atom is -0.459 e. The van der Waals surface area contributed by atoms with Crippen LogP contribution in [-0.2, 0) is 9.53 Å². The van der Waals surface area contributed by atoms with Gasteiger partial charge in [0.2, 0.25) is 0 Å². The zero-order valence-corrected chi connectivity index (χ0v) is 15.8. The number of carbonyl (C=O) groups excluding carboxylic acids is 1. The molecule has 1 aromatic rings. The van der Waals surface area contributed by atoms with Gasteiger partial charge in [-0.15, -0.1) is 0 Å². The largest absolute Gasteiger partial charge is 0.459 e. The highest BCUT2D eigenvalue weighted by atomic mass is 19.1. The molecule has 3 heteroatoms. The summed E-state index contributed by atoms with van der Waals surface area (Å²) in [5.74, 6) is 1.85. The van der Waals surface area contributed by atoms with Crippen LogP contribution in [0.2, 0.25) is 0 Å². The maximum Gasteiger partial charge on any atom is 0.330 e. The van der Waals surface area contributed by atoms with Gasteiger partial charge in [-0.3, -0.25) is 0 Å². The first-order valence-electron chi connectivity index (χ1n) is 10.3. The molecule has 3 rings (SSSR count). The van der Waals surface area contributed by atoms with Crippen LogP contribution < -0.4 is 0 Å². The van der Waals surface area contributed by atoms with Gasteiger partial charge in [0.1, 0.15) is 11.9 Å². The number of allylic oxidation sites excluding steroid dienone is 1. The van der Waals surface area contributed by atoms with Crippen LogP contribution in [-0.4, -0.2) is 12.1 Å². The lowest BCUT2D eigenvalue weighted by molar-refractivity contribution is -0.145. The topological polar surface area (TPSA) is 26.3 Å². The van der Waals surface area contributed by atoms with Crippen molar-refractivity contribution >= 4 is 5.97 Å². The molecular formula is C23H31FO2. The fraction of sp³-hybridized carbons (Fsp3) is 0.609. The zero-order chi connectivity index (χ0) is 18.4. The van der Waals surface area contributed by atoms with Crippen molar-refractivity contribution in [2.45, 2.75) is 76.7 Å². The van der Waals surface area contributed by atoms with Crippen molar-refractivity contribution in [2.24, 2.45) is 11.8 Å². The smallest absolute Gasteiger partial charge is 0.330 e. The van der Waals surface area contributed by atoms with Gasteiger partial charge in [0.15, 0.2) is 0 Å². The van der Waals surface area contributed by atoms with Gasteiger partial charge in [-0.2, -0.15) is 0 Å². The van der Waals surface area contributed by atoms with E-state index in [4.69, 9.17) is 4.74 Å². The highest BCUT2D eigenvalue weighted by Crippen LogP contribution is 2.43. The maximum atomic E-state index is 13.1. The average Bonchev–Trinajstić information content (AvgIpc) is 2.68. The van der Waals surface area contributed by atoms with Gasteiger partial charge in [-0.25, -0.2) is 9.18 Å². The Hall–Kier alpha value is -1.64. The number of carbonyl (C=O) groups is 1. The number of esters is 1. The minimum atomic E-state index is -0.185. The molecule has 0 amide bonds. The second-order valence-electron chi connectivity index (χ2n) is 7.95. The Balaban J connectivity index is 1.41. The fourth-order valence-corrected chi connectivity index (χ4v) is 4.75. The Labute approximate surface area is 156 Å². The third-order valence-corrected chi connectivity index (χ3v) is 6.27. The molecule has 0 bridgehead atoms. The first-order valence-corrected chi connectivity index (χ1v) is 10.3. The second kappa shape index (κ2) is 9.34. The maximum absolute atomic E-state index is 13.1. The van der Waals surface area contributed by atoms with E-state index in [1.54, 1.807) is 18.2 Å². The molecule has 0 unspecified atom stereocenters. The lowest BCUT2D eigenvalue weighted by Gasteiger charge is -2.37. The first-order chi connectivity index (χ1) is 12.7. The zero-order valence-electron chi connectivity index (χ0n) is 15.8. The quantitative estimate of drug-likeness (QED) is 0.465. The molecule has 0 spiro atoms. The molecule has 0 saturated heterocycles. The number of ether oxygens (including phenoxy) is 1. The minimum absolute atomic E-state index is 0.107. The Bertz CT molecular complexity index is 591. The van der Waals surface area contributed by atoms with E-state index in [-0.39, 0.29) is 17.9 Å². The molecule has 0 heterocycles. The molecule has 0 radical (unpaired) electrons. The molecule has 2 nitrogen and oxygen atoms in total. The van der Waals surface area contributed by atoms with E-state index in [0.717, 1.165) is 31.1 Å². The second-order valence-corrected chi connectivity index (χ2v) is 7.95. The highest BCUT2D eigenvalue weighted by Gasteiger charge is 2.32. The molecule has 26 heavy (non-hydrogen) atoms. The van der Waals surface area contributed by atoms with Crippen molar-refractivity contribution in [1.29, 1.82) is 0 Å². The summed E-state index contributed by atoms with van der Waals surface area (Å²) in [4.78, 5) is 11.7. The lowest BCUT2D eigenvalue weighted by atomic mass is 9.69. The third-order valence-electron chi connectivity index (χ3n) is 6.27. The van der Waals surface area contributed by atoms with Gasteiger partial charge in [0, 0.05) is 6.08 Å². The average molecular weight is 358 g/mol. The van der Waals surface area contributed by atoms with Crippen LogP contribution in [0.5, 0.6) is 0 Å². The molecule has 2 saturated carbocycles. The van der Waals surface area contributed by atoms with E-state index < -0.39 is 0 Å². The van der Waals surface area contributed by atoms with Crippen molar-refractivity contribution in [3.63, 3.8) is 0 Å². The molecule has 1 aromatic carbocycles. The van der Waals surface area contributed by atoms with E-state index in [1.807, 2.05) is 25.1 Å². The summed E-state index contributed by atoms with van der Waals surface area (Å²) in [6.07, 6.45) is 13.7. The molecule has 0 atom stereocenters. The van der Waals surface area contributed by atoms with Crippen LogP contribution in [0.25, 0.3) is 0 Å². The Morgan fingerprint density at radius 1 is 1.00 bits per heavy atom. The Morgan fingerprint density at radius 3 is 2.15 bits per heavy atom. The number of hydrogen-bond acceptors (Lipinski definition) is 2. The predicted octanol–water partition coefficient (Wildman–Crippen LogP) is 6.17. The van der Waals surface area contributed by atoms with Crippen LogP contribution in [0.3, 0.4) is 0 Å². The molecule has 2 aliphatic carbocycles. The van der Waals surface area contributed by atoms with Gasteiger partial charge < -0.3 is 4.74 Å². The van der Waals surface area contributed by atoms with Crippen molar-refractivity contribution in [2.75, 3.05) is 0 Å². The number of rotatable bonds is 5. The predicted molar refractivity (Wildman–Crippen MR) is 102 cm³/mol. The normalized spacial score (nSPS) is 29.6. The van der Waals surface area contributed by atoms with Gasteiger partial charge in [-0.05, 0) is 93.2 Å². The summed E-state index contributed by atoms with van der Waals surface area (Å²) >= 11 is 0. The Morgan fingerprint density at radius 2 is 1.58 bits per heavy atom. The summed E-state index contributed by atoms with van der Waals surface area (Å²) < 4.78 is 18.7. The molecule has 2 aliphatic rings. The van der Waals surface area contributed by atoms with Gasteiger partial charge in [0.05, 0.1) is 0 Å². The van der Waals surface area contributed by atoms with Crippen LogP contribution in [0.4, 0.5) is 4.39 Å². The van der Waals surface area contributed by atoms with Crippen LogP contribution in [0.15, 0.2) is 36.4 Å². The number of hydrogen-bond donors (Lipinski definition) is 0. The monoisotopic (exact) mass is 358 g/mol. The number of halogens is 1. The summed E-state index contributed by atoms with van der Waals surface area (Å²) in [5, 5.41) is 0. The summed E-state index contributed by atoms with van der Waals surface area (Å²) in [6, 6.07) is 7.07. The molecule has 0 aliphatic heterocycles. The molecule has 0 N–H and O–H groups in total. The van der Waals surface area contributed by atoms with Gasteiger partial charge in [0.25, 0.3) is 0 Å². The summed E-state index contributed by atoms with van der Waals surface area (Å²) in [7, 11) is 0. The van der Waals surface area contributed by atoms with E-state index in [0.29, 0.717) is 5.92 Å². The van der Waals surface area contributed by atoms with E-state index in [9.17, 15) is 9.18 Å². The van der Waals surface area contributed by atoms with Gasteiger partial charge in [-0.1, -0.05) is 25.1 Å². The molecule has 142 valence electrons. The molecular weight excluding hydrogens is 327 g/mol. The highest BCUT2D eigenvalue weighted by molar-refractivity contribution is 5.82. The SMILES string of the molecule is CC/C=C/C(=O)OC1CCC(C2CCC(c3ccc(F)cc3)CC2)CC1. The van der Waals surface area contributed by atoms with Crippen molar-refractivity contribution in [3.05, 3.63) is 47.8 Å². The van der Waals surface area contributed by atoms with Crippen LogP contribution in [0.1, 0.15) is 76.2 Å². The first kappa shape index (κ1) is 19.1. The Kier molecular flexibility index (Phi) is 6.87. The lowest BCUT2D eigenvalue weighted by Crippen LogP contribution is -2.29.